The average molecular weight is 481 g/mol. The van der Waals surface area contributed by atoms with Gasteiger partial charge in [-0.25, -0.2) is 4.79 Å². The molecule has 0 radical (unpaired) electrons. The number of aliphatic carboxylic acids is 1. The number of carboxylic acids is 1. The van der Waals surface area contributed by atoms with Gasteiger partial charge in [-0.05, 0) is 41.5 Å². The lowest BCUT2D eigenvalue weighted by Crippen LogP contribution is -2.54. The van der Waals surface area contributed by atoms with Gasteiger partial charge in [0.25, 0.3) is 0 Å². The van der Waals surface area contributed by atoms with Crippen molar-refractivity contribution in [3.63, 3.8) is 0 Å². The van der Waals surface area contributed by atoms with Gasteiger partial charge in [0, 0.05) is 26.1 Å². The van der Waals surface area contributed by atoms with Gasteiger partial charge in [0.2, 0.25) is 5.91 Å². The number of methoxy groups -OCH3 is 1. The molecule has 0 saturated carbocycles. The minimum absolute atomic E-state index is 0.0593. The summed E-state index contributed by atoms with van der Waals surface area (Å²) in [6, 6.07) is 15.5. The second kappa shape index (κ2) is 10.5. The van der Waals surface area contributed by atoms with Gasteiger partial charge < -0.3 is 24.8 Å². The van der Waals surface area contributed by atoms with Crippen LogP contribution in [0.15, 0.2) is 48.5 Å². The second-order valence-corrected chi connectivity index (χ2v) is 9.27. The van der Waals surface area contributed by atoms with E-state index in [4.69, 9.17) is 9.47 Å². The first-order valence-electron chi connectivity index (χ1n) is 12.0. The zero-order chi connectivity index (χ0) is 25.0. The molecular weight excluding hydrogens is 448 g/mol. The fourth-order valence-electron chi connectivity index (χ4n) is 5.19. The quantitative estimate of drug-likeness (QED) is 0.598. The van der Waals surface area contributed by atoms with Crippen LogP contribution >= 0.6 is 0 Å². The van der Waals surface area contributed by atoms with Crippen LogP contribution in [-0.2, 0) is 19.1 Å². The van der Waals surface area contributed by atoms with Crippen molar-refractivity contribution >= 4 is 18.0 Å². The Morgan fingerprint density at radius 1 is 1.06 bits per heavy atom. The molecule has 2 aromatic rings. The third-order valence-corrected chi connectivity index (χ3v) is 7.25. The van der Waals surface area contributed by atoms with Crippen molar-refractivity contribution in [1.82, 2.24) is 10.2 Å². The lowest BCUT2D eigenvalue weighted by atomic mass is 9.79. The number of carboxylic acid groups (broad SMARTS) is 1. The summed E-state index contributed by atoms with van der Waals surface area (Å²) in [5.41, 5.74) is 3.56. The number of carbonyl (C=O) groups excluding carboxylic acids is 2. The van der Waals surface area contributed by atoms with E-state index in [1.165, 1.54) is 7.11 Å². The summed E-state index contributed by atoms with van der Waals surface area (Å²) >= 11 is 0. The number of carbonyl (C=O) groups is 3. The Balaban J connectivity index is 1.35. The van der Waals surface area contributed by atoms with Crippen LogP contribution in [0.5, 0.6) is 0 Å². The van der Waals surface area contributed by atoms with Crippen molar-refractivity contribution in [3.05, 3.63) is 59.7 Å². The largest absolute Gasteiger partial charge is 0.481 e. The fourth-order valence-corrected chi connectivity index (χ4v) is 5.19. The summed E-state index contributed by atoms with van der Waals surface area (Å²) in [5, 5.41) is 12.3. The van der Waals surface area contributed by atoms with Crippen LogP contribution in [0, 0.1) is 5.41 Å². The highest BCUT2D eigenvalue weighted by Crippen LogP contribution is 2.44. The van der Waals surface area contributed by atoms with Gasteiger partial charge in [-0.3, -0.25) is 9.59 Å². The molecule has 2 amide bonds. The van der Waals surface area contributed by atoms with Gasteiger partial charge in [-0.15, -0.1) is 0 Å². The molecule has 1 fully saturated rings. The molecule has 1 saturated heterocycles. The van der Waals surface area contributed by atoms with Crippen LogP contribution in [-0.4, -0.2) is 67.4 Å². The van der Waals surface area contributed by atoms with Crippen molar-refractivity contribution in [2.24, 2.45) is 5.41 Å². The van der Waals surface area contributed by atoms with E-state index in [2.05, 4.69) is 29.6 Å². The van der Waals surface area contributed by atoms with Crippen LogP contribution in [0.1, 0.15) is 43.2 Å². The number of hydrogen-bond donors (Lipinski definition) is 2. The number of benzene rings is 2. The van der Waals surface area contributed by atoms with E-state index >= 15 is 0 Å². The number of fused-ring (bicyclic) bond motifs is 3. The molecule has 186 valence electrons. The third kappa shape index (κ3) is 4.89. The molecule has 8 heteroatoms. The maximum Gasteiger partial charge on any atom is 0.407 e. The standard InChI is InChI=1S/C27H32N2O6/c1-3-23(24(30)29-14-12-27(13-15-29,17-34-2)25(31)32)28-26(33)35-16-22-20-10-6-4-8-18(20)19-9-5-7-11-21(19)22/h4-11,22-23H,3,12-17H2,1-2H3,(H,28,33)(H,31,32)/t23-/m0/s1. The Morgan fingerprint density at radius 2 is 1.63 bits per heavy atom. The van der Waals surface area contributed by atoms with Crippen molar-refractivity contribution in [2.45, 2.75) is 38.1 Å². The first-order chi connectivity index (χ1) is 16.9. The van der Waals surface area contributed by atoms with Gasteiger partial charge in [0.05, 0.1) is 12.0 Å². The highest BCUT2D eigenvalue weighted by molar-refractivity contribution is 5.86. The predicted octanol–water partition coefficient (Wildman–Crippen LogP) is 3.64. The summed E-state index contributed by atoms with van der Waals surface area (Å²) < 4.78 is 10.7. The Kier molecular flexibility index (Phi) is 7.40. The highest BCUT2D eigenvalue weighted by atomic mass is 16.5. The van der Waals surface area contributed by atoms with Crippen molar-refractivity contribution in [2.75, 3.05) is 33.4 Å². The number of amides is 2. The summed E-state index contributed by atoms with van der Waals surface area (Å²) in [7, 11) is 1.48. The molecular formula is C27H32N2O6. The molecule has 8 nitrogen and oxygen atoms in total. The van der Waals surface area contributed by atoms with E-state index in [0.717, 1.165) is 22.3 Å². The SMILES string of the molecule is CC[C@H](NC(=O)OCC1c2ccccc2-c2ccccc21)C(=O)N1CCC(COC)(C(=O)O)CC1. The van der Waals surface area contributed by atoms with Crippen molar-refractivity contribution in [3.8, 4) is 11.1 Å². The summed E-state index contributed by atoms with van der Waals surface area (Å²) in [6.45, 7) is 2.71. The molecule has 1 aliphatic carbocycles. The number of piperidine rings is 1. The monoisotopic (exact) mass is 480 g/mol. The van der Waals surface area contributed by atoms with Gasteiger partial charge in [0.15, 0.2) is 0 Å². The zero-order valence-corrected chi connectivity index (χ0v) is 20.2. The molecule has 0 bridgehead atoms. The van der Waals surface area contributed by atoms with Crippen LogP contribution in [0.3, 0.4) is 0 Å². The molecule has 1 aliphatic heterocycles. The zero-order valence-electron chi connectivity index (χ0n) is 20.2. The summed E-state index contributed by atoms with van der Waals surface area (Å²) in [6.07, 6.45) is 0.386. The van der Waals surface area contributed by atoms with Crippen molar-refractivity contribution in [1.29, 1.82) is 0 Å². The fraction of sp³-hybridized carbons (Fsp3) is 0.444. The maximum atomic E-state index is 13.1. The lowest BCUT2D eigenvalue weighted by Gasteiger charge is -2.39. The number of nitrogens with one attached hydrogen (secondary N) is 1. The topological polar surface area (TPSA) is 105 Å². The van der Waals surface area contributed by atoms with E-state index in [1.54, 1.807) is 4.90 Å². The number of likely N-dealkylation sites (tertiary alicyclic amines) is 1. The molecule has 4 rings (SSSR count). The van der Waals surface area contributed by atoms with Gasteiger partial charge >= 0.3 is 12.1 Å². The number of rotatable bonds is 8. The van der Waals surface area contributed by atoms with E-state index in [9.17, 15) is 19.5 Å². The number of hydrogen-bond acceptors (Lipinski definition) is 5. The molecule has 2 N–H and O–H groups in total. The number of alkyl carbamates (subject to hydrolysis) is 1. The van der Waals surface area contributed by atoms with E-state index in [0.29, 0.717) is 32.4 Å². The minimum atomic E-state index is -0.979. The molecule has 2 aliphatic rings. The number of ether oxygens (including phenoxy) is 2. The Morgan fingerprint density at radius 3 is 2.14 bits per heavy atom. The molecule has 1 atom stereocenters. The first kappa shape index (κ1) is 24.7. The highest BCUT2D eigenvalue weighted by Gasteiger charge is 2.43. The molecule has 0 spiro atoms. The Hall–Kier alpha value is -3.39. The Bertz CT molecular complexity index is 1050. The van der Waals surface area contributed by atoms with Gasteiger partial charge in [0.1, 0.15) is 12.6 Å². The van der Waals surface area contributed by atoms with Crippen LogP contribution in [0.25, 0.3) is 11.1 Å². The maximum absolute atomic E-state index is 13.1. The van der Waals surface area contributed by atoms with Crippen LogP contribution in [0.4, 0.5) is 4.79 Å². The normalized spacial score (nSPS) is 17.3. The average Bonchev–Trinajstić information content (AvgIpc) is 3.20. The predicted molar refractivity (Wildman–Crippen MR) is 130 cm³/mol. The van der Waals surface area contributed by atoms with Crippen LogP contribution < -0.4 is 5.32 Å². The molecule has 0 unspecified atom stereocenters. The second-order valence-electron chi connectivity index (χ2n) is 9.27. The van der Waals surface area contributed by atoms with Crippen molar-refractivity contribution < 1.29 is 29.0 Å². The smallest absolute Gasteiger partial charge is 0.407 e. The molecule has 0 aromatic heterocycles. The minimum Gasteiger partial charge on any atom is -0.481 e. The number of nitrogens with zero attached hydrogens (tertiary/aromatic N) is 1. The van der Waals surface area contributed by atoms with E-state index in [1.807, 2.05) is 31.2 Å². The summed E-state index contributed by atoms with van der Waals surface area (Å²) in [5.74, 6) is -1.19. The Labute approximate surface area is 205 Å². The van der Waals surface area contributed by atoms with Gasteiger partial charge in [-0.2, -0.15) is 0 Å². The van der Waals surface area contributed by atoms with E-state index in [-0.39, 0.29) is 25.0 Å². The first-order valence-corrected chi connectivity index (χ1v) is 12.0. The van der Waals surface area contributed by atoms with E-state index < -0.39 is 23.5 Å². The lowest BCUT2D eigenvalue weighted by molar-refractivity contribution is -0.158. The third-order valence-electron chi connectivity index (χ3n) is 7.25. The molecule has 2 aromatic carbocycles. The van der Waals surface area contributed by atoms with Gasteiger partial charge in [-0.1, -0.05) is 55.5 Å². The molecule has 1 heterocycles. The van der Waals surface area contributed by atoms with Crippen LogP contribution in [0.2, 0.25) is 0 Å². The molecule has 35 heavy (non-hydrogen) atoms. The summed E-state index contributed by atoms with van der Waals surface area (Å²) in [4.78, 5) is 39.1.